The van der Waals surface area contributed by atoms with Crippen LogP contribution in [0.15, 0.2) is 30.6 Å². The Morgan fingerprint density at radius 2 is 1.81 bits per heavy atom. The Balaban J connectivity index is 2.68. The van der Waals surface area contributed by atoms with Crippen molar-refractivity contribution in [3.8, 4) is 11.4 Å². The van der Waals surface area contributed by atoms with Crippen molar-refractivity contribution in [3.63, 3.8) is 0 Å². The van der Waals surface area contributed by atoms with Gasteiger partial charge in [-0.2, -0.15) is 0 Å². The molecule has 0 fully saturated rings. The van der Waals surface area contributed by atoms with Gasteiger partial charge in [0, 0.05) is 21.5 Å². The van der Waals surface area contributed by atoms with Crippen LogP contribution in [0.3, 0.4) is 0 Å². The lowest BCUT2D eigenvalue weighted by molar-refractivity contribution is 0.275. The fraction of sp³-hybridized carbons (Fsp3) is 0.0909. The summed E-state index contributed by atoms with van der Waals surface area (Å²) in [4.78, 5) is 0. The van der Waals surface area contributed by atoms with Gasteiger partial charge in [0.2, 0.25) is 0 Å². The van der Waals surface area contributed by atoms with Crippen LogP contribution in [0.25, 0.3) is 5.69 Å². The molecule has 16 heavy (non-hydrogen) atoms. The van der Waals surface area contributed by atoms with Gasteiger partial charge < -0.3 is 14.8 Å². The first-order valence-corrected chi connectivity index (χ1v) is 6.75. The first kappa shape index (κ1) is 12.2. The SMILES string of the molecule is OCc1cc(I)c(-n2cccc2)c(I)c1O. The Morgan fingerprint density at radius 3 is 2.38 bits per heavy atom. The highest BCUT2D eigenvalue weighted by Gasteiger charge is 2.14. The zero-order chi connectivity index (χ0) is 11.7. The van der Waals surface area contributed by atoms with Gasteiger partial charge in [-0.05, 0) is 63.4 Å². The topological polar surface area (TPSA) is 45.4 Å². The quantitative estimate of drug-likeness (QED) is 0.705. The summed E-state index contributed by atoms with van der Waals surface area (Å²) in [6.45, 7) is -0.149. The molecule has 3 nitrogen and oxygen atoms in total. The average molecular weight is 441 g/mol. The fourth-order valence-corrected chi connectivity index (χ4v) is 3.84. The normalized spacial score (nSPS) is 10.7. The smallest absolute Gasteiger partial charge is 0.136 e. The van der Waals surface area contributed by atoms with E-state index < -0.39 is 0 Å². The lowest BCUT2D eigenvalue weighted by Gasteiger charge is -2.13. The van der Waals surface area contributed by atoms with E-state index >= 15 is 0 Å². The van der Waals surface area contributed by atoms with Gasteiger partial charge in [-0.25, -0.2) is 0 Å². The predicted molar refractivity (Wildman–Crippen MR) is 78.8 cm³/mol. The van der Waals surface area contributed by atoms with Crippen molar-refractivity contribution in [3.05, 3.63) is 43.3 Å². The Labute approximate surface area is 120 Å². The van der Waals surface area contributed by atoms with E-state index in [1.54, 1.807) is 6.07 Å². The van der Waals surface area contributed by atoms with E-state index in [-0.39, 0.29) is 12.4 Å². The highest BCUT2D eigenvalue weighted by Crippen LogP contribution is 2.33. The molecular weight excluding hydrogens is 432 g/mol. The van der Waals surface area contributed by atoms with E-state index in [1.165, 1.54) is 0 Å². The summed E-state index contributed by atoms with van der Waals surface area (Å²) in [5.41, 5.74) is 1.51. The van der Waals surface area contributed by atoms with Gasteiger partial charge in [0.05, 0.1) is 15.9 Å². The van der Waals surface area contributed by atoms with E-state index in [0.717, 1.165) is 12.8 Å². The van der Waals surface area contributed by atoms with E-state index in [9.17, 15) is 5.11 Å². The summed E-state index contributed by atoms with van der Waals surface area (Å²) in [6, 6.07) is 5.67. The van der Waals surface area contributed by atoms with Crippen LogP contribution >= 0.6 is 45.2 Å². The van der Waals surface area contributed by atoms with Crippen LogP contribution in [-0.2, 0) is 6.61 Å². The average Bonchev–Trinajstić information content (AvgIpc) is 2.77. The number of phenols is 1. The predicted octanol–water partition coefficient (Wildman–Crippen LogP) is 2.88. The molecule has 0 aliphatic rings. The van der Waals surface area contributed by atoms with Crippen LogP contribution in [0, 0.1) is 7.14 Å². The highest BCUT2D eigenvalue weighted by molar-refractivity contribution is 14.1. The molecule has 84 valence electrons. The first-order valence-electron chi connectivity index (χ1n) is 4.59. The molecule has 0 amide bonds. The number of aromatic nitrogens is 1. The van der Waals surface area contributed by atoms with Gasteiger partial charge in [-0.1, -0.05) is 0 Å². The monoisotopic (exact) mass is 441 g/mol. The van der Waals surface area contributed by atoms with Crippen LogP contribution in [0.5, 0.6) is 5.75 Å². The van der Waals surface area contributed by atoms with Crippen molar-refractivity contribution in [1.82, 2.24) is 4.57 Å². The maximum Gasteiger partial charge on any atom is 0.136 e. The standard InChI is InChI=1S/C11H9I2NO2/c12-8-5-7(6-15)11(16)9(13)10(8)14-3-1-2-4-14/h1-5,15-16H,6H2. The number of nitrogens with zero attached hydrogens (tertiary/aromatic N) is 1. The van der Waals surface area contributed by atoms with Gasteiger partial charge in [0.1, 0.15) is 5.75 Å². The maximum atomic E-state index is 9.92. The largest absolute Gasteiger partial charge is 0.506 e. The van der Waals surface area contributed by atoms with E-state index in [0.29, 0.717) is 5.56 Å². The van der Waals surface area contributed by atoms with Crippen molar-refractivity contribution in [2.24, 2.45) is 0 Å². The minimum Gasteiger partial charge on any atom is -0.506 e. The van der Waals surface area contributed by atoms with Crippen LogP contribution in [-0.4, -0.2) is 14.8 Å². The summed E-state index contributed by atoms with van der Waals surface area (Å²) in [5, 5.41) is 19.0. The molecule has 1 aromatic heterocycles. The van der Waals surface area contributed by atoms with Crippen LogP contribution in [0.1, 0.15) is 5.56 Å². The van der Waals surface area contributed by atoms with Crippen molar-refractivity contribution < 1.29 is 10.2 Å². The molecule has 2 rings (SSSR count). The summed E-state index contributed by atoms with van der Waals surface area (Å²) >= 11 is 4.30. The maximum absolute atomic E-state index is 9.92. The molecule has 1 heterocycles. The van der Waals surface area contributed by atoms with Gasteiger partial charge >= 0.3 is 0 Å². The molecule has 2 N–H and O–H groups in total. The molecule has 5 heteroatoms. The lowest BCUT2D eigenvalue weighted by atomic mass is 10.2. The van der Waals surface area contributed by atoms with E-state index in [2.05, 4.69) is 45.2 Å². The number of hydrogen-bond acceptors (Lipinski definition) is 2. The van der Waals surface area contributed by atoms with Crippen molar-refractivity contribution in [2.45, 2.75) is 6.61 Å². The third-order valence-corrected chi connectivity index (χ3v) is 4.12. The second-order valence-corrected chi connectivity index (χ2v) is 5.52. The number of hydrogen-bond donors (Lipinski definition) is 2. The fourth-order valence-electron chi connectivity index (χ4n) is 1.49. The zero-order valence-corrected chi connectivity index (χ0v) is 12.5. The lowest BCUT2D eigenvalue weighted by Crippen LogP contribution is -2.00. The molecule has 0 unspecified atom stereocenters. The van der Waals surface area contributed by atoms with Crippen molar-refractivity contribution in [2.75, 3.05) is 0 Å². The number of benzene rings is 1. The molecular formula is C11H9I2NO2. The van der Waals surface area contributed by atoms with Gasteiger partial charge in [-0.15, -0.1) is 0 Å². The molecule has 0 atom stereocenters. The van der Waals surface area contributed by atoms with Gasteiger partial charge in [0.25, 0.3) is 0 Å². The third-order valence-electron chi connectivity index (χ3n) is 2.28. The molecule has 1 aromatic carbocycles. The van der Waals surface area contributed by atoms with Crippen molar-refractivity contribution in [1.29, 1.82) is 0 Å². The Kier molecular flexibility index (Phi) is 3.75. The summed E-state index contributed by atoms with van der Waals surface area (Å²) in [6.07, 6.45) is 3.86. The molecule has 0 bridgehead atoms. The number of aliphatic hydroxyl groups is 1. The molecule has 0 aliphatic heterocycles. The number of aliphatic hydroxyl groups excluding tert-OH is 1. The van der Waals surface area contributed by atoms with Crippen LogP contribution < -0.4 is 0 Å². The van der Waals surface area contributed by atoms with Gasteiger partial charge in [-0.3, -0.25) is 0 Å². The molecule has 0 spiro atoms. The highest BCUT2D eigenvalue weighted by atomic mass is 127. The third kappa shape index (κ3) is 2.07. The van der Waals surface area contributed by atoms with Gasteiger partial charge in [0.15, 0.2) is 0 Å². The molecule has 0 radical (unpaired) electrons. The second-order valence-electron chi connectivity index (χ2n) is 3.28. The van der Waals surface area contributed by atoms with Crippen LogP contribution in [0.2, 0.25) is 0 Å². The van der Waals surface area contributed by atoms with E-state index in [1.807, 2.05) is 29.1 Å². The summed E-state index contributed by atoms with van der Waals surface area (Å²) in [7, 11) is 0. The Bertz CT molecular complexity index is 509. The summed E-state index contributed by atoms with van der Waals surface area (Å²) in [5.74, 6) is 0.159. The minimum atomic E-state index is -0.149. The molecule has 0 saturated carbocycles. The second kappa shape index (κ2) is 4.92. The number of halogens is 2. The van der Waals surface area contributed by atoms with Crippen LogP contribution in [0.4, 0.5) is 0 Å². The van der Waals surface area contributed by atoms with E-state index in [4.69, 9.17) is 5.11 Å². The molecule has 0 aliphatic carbocycles. The Hall–Kier alpha value is -0.280. The Morgan fingerprint density at radius 1 is 1.19 bits per heavy atom. The minimum absolute atomic E-state index is 0.149. The summed E-state index contributed by atoms with van der Waals surface area (Å²) < 4.78 is 3.70. The van der Waals surface area contributed by atoms with Crippen molar-refractivity contribution >= 4 is 45.2 Å². The molecule has 0 saturated heterocycles. The number of rotatable bonds is 2. The molecule has 2 aromatic rings. The number of aromatic hydroxyl groups is 1. The zero-order valence-electron chi connectivity index (χ0n) is 8.19. The first-order chi connectivity index (χ1) is 7.65.